The summed E-state index contributed by atoms with van der Waals surface area (Å²) >= 11 is 3.43. The Morgan fingerprint density at radius 3 is 2.30 bits per heavy atom. The second-order valence-corrected chi connectivity index (χ2v) is 5.84. The molecule has 0 radical (unpaired) electrons. The molecule has 106 valence electrons. The molecule has 0 heterocycles. The van der Waals surface area contributed by atoms with Crippen molar-refractivity contribution in [3.05, 3.63) is 69.4 Å². The summed E-state index contributed by atoms with van der Waals surface area (Å²) in [7, 11) is 2.05. The molecule has 0 amide bonds. The van der Waals surface area contributed by atoms with Crippen LogP contribution in [0.15, 0.2) is 46.9 Å². The molecule has 0 saturated heterocycles. The molecule has 0 aliphatic heterocycles. The lowest BCUT2D eigenvalue weighted by atomic mass is 10.1. The van der Waals surface area contributed by atoms with Crippen LogP contribution in [0.25, 0.3) is 0 Å². The zero-order valence-corrected chi connectivity index (χ0v) is 13.0. The van der Waals surface area contributed by atoms with E-state index in [-0.39, 0.29) is 12.4 Å². The third-order valence-corrected chi connectivity index (χ3v) is 3.68. The molecule has 4 heteroatoms. The van der Waals surface area contributed by atoms with Gasteiger partial charge in [-0.1, -0.05) is 40.2 Å². The number of nitrogens with zero attached hydrogens (tertiary/aromatic N) is 1. The molecule has 2 aromatic rings. The van der Waals surface area contributed by atoms with Crippen LogP contribution in [0.2, 0.25) is 0 Å². The Kier molecular flexibility index (Phi) is 5.29. The van der Waals surface area contributed by atoms with Crippen molar-refractivity contribution in [2.45, 2.75) is 19.6 Å². The Balaban J connectivity index is 2.00. The number of rotatable bonds is 5. The minimum Gasteiger partial charge on any atom is -0.326 e. The molecular formula is C16H18BrFN2. The monoisotopic (exact) mass is 336 g/mol. The first-order chi connectivity index (χ1) is 9.58. The molecule has 0 atom stereocenters. The quantitative estimate of drug-likeness (QED) is 0.902. The van der Waals surface area contributed by atoms with Gasteiger partial charge in [-0.2, -0.15) is 0 Å². The van der Waals surface area contributed by atoms with Gasteiger partial charge < -0.3 is 5.73 Å². The molecule has 2 aromatic carbocycles. The molecule has 0 unspecified atom stereocenters. The van der Waals surface area contributed by atoms with Gasteiger partial charge in [-0.25, -0.2) is 4.39 Å². The normalized spacial score (nSPS) is 11.1. The Hall–Kier alpha value is -1.23. The van der Waals surface area contributed by atoms with Crippen LogP contribution in [0.1, 0.15) is 16.7 Å². The standard InChI is InChI=1S/C16H18BrFN2/c1-20(10-12-2-5-15(17)6-3-12)11-13-4-7-16(18)14(8-13)9-19/h2-8H,9-11,19H2,1H3. The molecule has 2 nitrogen and oxygen atoms in total. The maximum Gasteiger partial charge on any atom is 0.127 e. The highest BCUT2D eigenvalue weighted by Gasteiger charge is 2.05. The van der Waals surface area contributed by atoms with E-state index in [9.17, 15) is 4.39 Å². The van der Waals surface area contributed by atoms with Gasteiger partial charge in [-0.15, -0.1) is 0 Å². The Labute approximate surface area is 127 Å². The summed E-state index contributed by atoms with van der Waals surface area (Å²) < 4.78 is 14.5. The highest BCUT2D eigenvalue weighted by molar-refractivity contribution is 9.10. The molecule has 0 aliphatic carbocycles. The molecule has 2 N–H and O–H groups in total. The summed E-state index contributed by atoms with van der Waals surface area (Å²) in [6.07, 6.45) is 0. The highest BCUT2D eigenvalue weighted by atomic mass is 79.9. The van der Waals surface area contributed by atoms with Crippen LogP contribution < -0.4 is 5.73 Å². The second kappa shape index (κ2) is 6.97. The van der Waals surface area contributed by atoms with Gasteiger partial charge in [0.25, 0.3) is 0 Å². The minimum atomic E-state index is -0.230. The third kappa shape index (κ3) is 4.13. The minimum absolute atomic E-state index is 0.230. The van der Waals surface area contributed by atoms with E-state index in [0.717, 1.165) is 23.1 Å². The average molecular weight is 337 g/mol. The van der Waals surface area contributed by atoms with Crippen molar-refractivity contribution in [2.24, 2.45) is 5.73 Å². The molecule has 0 saturated carbocycles. The third-order valence-electron chi connectivity index (χ3n) is 3.15. The fourth-order valence-corrected chi connectivity index (χ4v) is 2.42. The van der Waals surface area contributed by atoms with Crippen LogP contribution in [-0.2, 0) is 19.6 Å². The Morgan fingerprint density at radius 2 is 1.65 bits per heavy atom. The Bertz CT molecular complexity index is 569. The molecule has 0 aliphatic rings. The van der Waals surface area contributed by atoms with Crippen molar-refractivity contribution in [3.8, 4) is 0 Å². The maximum atomic E-state index is 13.4. The van der Waals surface area contributed by atoms with Gasteiger partial charge in [0.15, 0.2) is 0 Å². The molecule has 0 bridgehead atoms. The number of benzene rings is 2. The molecule has 0 aromatic heterocycles. The topological polar surface area (TPSA) is 29.3 Å². The summed E-state index contributed by atoms with van der Waals surface area (Å²) in [6, 6.07) is 13.4. The number of halogens is 2. The number of hydrogen-bond donors (Lipinski definition) is 1. The smallest absolute Gasteiger partial charge is 0.127 e. The van der Waals surface area contributed by atoms with E-state index in [0.29, 0.717) is 5.56 Å². The van der Waals surface area contributed by atoms with Crippen LogP contribution >= 0.6 is 15.9 Å². The van der Waals surface area contributed by atoms with Gasteiger partial charge >= 0.3 is 0 Å². The van der Waals surface area contributed by atoms with Crippen molar-refractivity contribution in [2.75, 3.05) is 7.05 Å². The summed E-state index contributed by atoms with van der Waals surface area (Å²) in [4.78, 5) is 2.19. The second-order valence-electron chi connectivity index (χ2n) is 4.93. The van der Waals surface area contributed by atoms with E-state index in [4.69, 9.17) is 5.73 Å². The fourth-order valence-electron chi connectivity index (χ4n) is 2.15. The van der Waals surface area contributed by atoms with Crippen LogP contribution in [0.5, 0.6) is 0 Å². The van der Waals surface area contributed by atoms with Crippen molar-refractivity contribution in [1.29, 1.82) is 0 Å². The molecule has 0 spiro atoms. The van der Waals surface area contributed by atoms with Gasteiger partial charge in [0.05, 0.1) is 0 Å². The summed E-state index contributed by atoms with van der Waals surface area (Å²) in [5.74, 6) is -0.230. The van der Waals surface area contributed by atoms with Crippen molar-refractivity contribution in [1.82, 2.24) is 4.90 Å². The predicted molar refractivity (Wildman–Crippen MR) is 83.6 cm³/mol. The van der Waals surface area contributed by atoms with E-state index < -0.39 is 0 Å². The summed E-state index contributed by atoms with van der Waals surface area (Å²) in [5, 5.41) is 0. The lowest BCUT2D eigenvalue weighted by Crippen LogP contribution is -2.17. The van der Waals surface area contributed by atoms with Crippen LogP contribution in [0.3, 0.4) is 0 Å². The first-order valence-corrected chi connectivity index (χ1v) is 7.28. The van der Waals surface area contributed by atoms with E-state index >= 15 is 0 Å². The van der Waals surface area contributed by atoms with Gasteiger partial charge in [0.2, 0.25) is 0 Å². The zero-order chi connectivity index (χ0) is 14.5. The predicted octanol–water partition coefficient (Wildman–Crippen LogP) is 3.68. The van der Waals surface area contributed by atoms with Gasteiger partial charge in [-0.05, 0) is 36.4 Å². The number of hydrogen-bond acceptors (Lipinski definition) is 2. The van der Waals surface area contributed by atoms with Crippen LogP contribution in [0, 0.1) is 5.82 Å². The van der Waals surface area contributed by atoms with Crippen molar-refractivity contribution in [3.63, 3.8) is 0 Å². The SMILES string of the molecule is CN(Cc1ccc(Br)cc1)Cc1ccc(F)c(CN)c1. The van der Waals surface area contributed by atoms with Crippen LogP contribution in [-0.4, -0.2) is 11.9 Å². The summed E-state index contributed by atoms with van der Waals surface area (Å²) in [5.41, 5.74) is 8.42. The first-order valence-electron chi connectivity index (χ1n) is 6.49. The van der Waals surface area contributed by atoms with E-state index in [2.05, 4.69) is 33.0 Å². The maximum absolute atomic E-state index is 13.4. The van der Waals surface area contributed by atoms with E-state index in [1.54, 1.807) is 0 Å². The van der Waals surface area contributed by atoms with Gasteiger partial charge in [0.1, 0.15) is 5.82 Å². The molecular weight excluding hydrogens is 319 g/mol. The van der Waals surface area contributed by atoms with Crippen LogP contribution in [0.4, 0.5) is 4.39 Å². The highest BCUT2D eigenvalue weighted by Crippen LogP contribution is 2.15. The lowest BCUT2D eigenvalue weighted by molar-refractivity contribution is 0.319. The first kappa shape index (κ1) is 15.2. The van der Waals surface area contributed by atoms with Crippen molar-refractivity contribution < 1.29 is 4.39 Å². The molecule has 20 heavy (non-hydrogen) atoms. The fraction of sp³-hybridized carbons (Fsp3) is 0.250. The molecule has 2 rings (SSSR count). The zero-order valence-electron chi connectivity index (χ0n) is 11.4. The van der Waals surface area contributed by atoms with Crippen molar-refractivity contribution >= 4 is 15.9 Å². The largest absolute Gasteiger partial charge is 0.326 e. The summed E-state index contributed by atoms with van der Waals surface area (Å²) in [6.45, 7) is 1.85. The average Bonchev–Trinajstić information content (AvgIpc) is 2.43. The Morgan fingerprint density at radius 1 is 1.05 bits per heavy atom. The van der Waals surface area contributed by atoms with Gasteiger partial charge in [0, 0.05) is 29.7 Å². The lowest BCUT2D eigenvalue weighted by Gasteiger charge is -2.17. The number of nitrogens with two attached hydrogens (primary N) is 1. The van der Waals surface area contributed by atoms with E-state index in [1.807, 2.05) is 31.3 Å². The van der Waals surface area contributed by atoms with E-state index in [1.165, 1.54) is 11.6 Å². The molecule has 0 fully saturated rings. The van der Waals surface area contributed by atoms with Gasteiger partial charge in [-0.3, -0.25) is 4.90 Å².